The molecule has 2 N–H and O–H groups in total. The first kappa shape index (κ1) is 22.3. The van der Waals surface area contributed by atoms with Gasteiger partial charge in [-0.1, -0.05) is 6.42 Å². The zero-order chi connectivity index (χ0) is 23.2. The Balaban J connectivity index is 1.22. The van der Waals surface area contributed by atoms with E-state index in [0.717, 1.165) is 31.2 Å². The lowest BCUT2D eigenvalue weighted by Crippen LogP contribution is -2.52. The lowest BCUT2D eigenvalue weighted by Gasteiger charge is -2.38. The SMILES string of the molecule is O=C1CCC(N2Cc3cc(OC4CCCCC4NCC4CC(F)(F)C4)ccc3C2=O)C(=O)N1. The van der Waals surface area contributed by atoms with Crippen molar-refractivity contribution in [3.63, 3.8) is 0 Å². The van der Waals surface area contributed by atoms with Crippen molar-refractivity contribution in [3.05, 3.63) is 29.3 Å². The standard InChI is InChI=1S/C24H29F2N3O4/c25-24(26)10-14(11-24)12-27-18-3-1-2-4-20(18)33-16-5-6-17-15(9-16)13-29(23(17)32)19-7-8-21(30)28-22(19)31/h5-6,9,14,18-20,27H,1-4,7-8,10-13H2,(H,28,30,31). The van der Waals surface area contributed by atoms with Gasteiger partial charge < -0.3 is 15.0 Å². The molecular formula is C24H29F2N3O4. The van der Waals surface area contributed by atoms with Gasteiger partial charge in [0, 0.05) is 37.4 Å². The highest BCUT2D eigenvalue weighted by Crippen LogP contribution is 2.42. The van der Waals surface area contributed by atoms with E-state index in [-0.39, 0.29) is 49.1 Å². The summed E-state index contributed by atoms with van der Waals surface area (Å²) in [5, 5.41) is 5.77. The Morgan fingerprint density at radius 3 is 2.67 bits per heavy atom. The number of carbonyl (C=O) groups is 3. The van der Waals surface area contributed by atoms with Crippen molar-refractivity contribution < 1.29 is 27.9 Å². The summed E-state index contributed by atoms with van der Waals surface area (Å²) in [6.07, 6.45) is 4.38. The summed E-state index contributed by atoms with van der Waals surface area (Å²) in [5.41, 5.74) is 1.36. The van der Waals surface area contributed by atoms with Gasteiger partial charge in [0.2, 0.25) is 17.7 Å². The fourth-order valence-corrected chi connectivity index (χ4v) is 5.52. The van der Waals surface area contributed by atoms with Crippen molar-refractivity contribution in [2.45, 2.75) is 82.0 Å². The second-order valence-corrected chi connectivity index (χ2v) is 9.80. The smallest absolute Gasteiger partial charge is 0.255 e. The predicted octanol–water partition coefficient (Wildman–Crippen LogP) is 2.77. The van der Waals surface area contributed by atoms with Crippen molar-refractivity contribution in [1.82, 2.24) is 15.5 Å². The highest BCUT2D eigenvalue weighted by Gasteiger charge is 2.45. The molecule has 3 atom stereocenters. The Kier molecular flexibility index (Phi) is 5.84. The van der Waals surface area contributed by atoms with Crippen molar-refractivity contribution in [3.8, 4) is 5.75 Å². The van der Waals surface area contributed by atoms with Crippen LogP contribution < -0.4 is 15.4 Å². The number of carbonyl (C=O) groups excluding carboxylic acids is 3. The lowest BCUT2D eigenvalue weighted by molar-refractivity contribution is -0.136. The third kappa shape index (κ3) is 4.60. The Morgan fingerprint density at radius 2 is 1.91 bits per heavy atom. The zero-order valence-corrected chi connectivity index (χ0v) is 18.4. The molecule has 33 heavy (non-hydrogen) atoms. The van der Waals surface area contributed by atoms with Crippen LogP contribution in [0.2, 0.25) is 0 Å². The molecule has 1 aromatic rings. The number of benzene rings is 1. The van der Waals surface area contributed by atoms with E-state index in [1.165, 1.54) is 4.90 Å². The van der Waals surface area contributed by atoms with Crippen molar-refractivity contribution >= 4 is 17.7 Å². The molecule has 0 radical (unpaired) electrons. The molecule has 0 aromatic heterocycles. The number of nitrogens with zero attached hydrogens (tertiary/aromatic N) is 1. The molecule has 9 heteroatoms. The van der Waals surface area contributed by atoms with Gasteiger partial charge in [-0.05, 0) is 61.9 Å². The molecule has 3 unspecified atom stereocenters. The van der Waals surface area contributed by atoms with Crippen LogP contribution in [0.4, 0.5) is 8.78 Å². The van der Waals surface area contributed by atoms with Gasteiger partial charge in [0.05, 0.1) is 0 Å². The highest BCUT2D eigenvalue weighted by atomic mass is 19.3. The lowest BCUT2D eigenvalue weighted by atomic mass is 9.81. The number of nitrogens with one attached hydrogen (secondary N) is 2. The summed E-state index contributed by atoms with van der Waals surface area (Å²) in [6.45, 7) is 0.888. The number of hydrogen-bond donors (Lipinski definition) is 2. The van der Waals surface area contributed by atoms with Crippen molar-refractivity contribution in [1.29, 1.82) is 0 Å². The topological polar surface area (TPSA) is 87.7 Å². The van der Waals surface area contributed by atoms with E-state index in [4.69, 9.17) is 4.74 Å². The number of halogens is 2. The van der Waals surface area contributed by atoms with Gasteiger partial charge in [-0.3, -0.25) is 19.7 Å². The van der Waals surface area contributed by atoms with Crippen LogP contribution in [0.25, 0.3) is 0 Å². The van der Waals surface area contributed by atoms with Gasteiger partial charge in [-0.2, -0.15) is 0 Å². The number of ether oxygens (including phenoxy) is 1. The summed E-state index contributed by atoms with van der Waals surface area (Å²) in [7, 11) is 0. The van der Waals surface area contributed by atoms with E-state index in [2.05, 4.69) is 10.6 Å². The normalized spacial score (nSPS) is 29.5. The summed E-state index contributed by atoms with van der Waals surface area (Å²) in [5.74, 6) is -2.76. The van der Waals surface area contributed by atoms with E-state index in [1.54, 1.807) is 12.1 Å². The molecule has 0 bridgehead atoms. The number of hydrogen-bond acceptors (Lipinski definition) is 5. The summed E-state index contributed by atoms with van der Waals surface area (Å²) in [6, 6.07) is 4.85. The molecule has 4 aliphatic rings. The predicted molar refractivity (Wildman–Crippen MR) is 115 cm³/mol. The first-order valence-electron chi connectivity index (χ1n) is 11.8. The molecule has 3 fully saturated rings. The molecule has 1 saturated heterocycles. The second-order valence-electron chi connectivity index (χ2n) is 9.80. The molecule has 2 aliphatic carbocycles. The van der Waals surface area contributed by atoms with Crippen molar-refractivity contribution in [2.24, 2.45) is 5.92 Å². The van der Waals surface area contributed by atoms with E-state index in [9.17, 15) is 23.2 Å². The first-order valence-corrected chi connectivity index (χ1v) is 11.8. The molecule has 2 saturated carbocycles. The Hall–Kier alpha value is -2.55. The number of rotatable bonds is 6. The number of alkyl halides is 2. The van der Waals surface area contributed by atoms with Crippen LogP contribution in [0.15, 0.2) is 18.2 Å². The molecule has 2 heterocycles. The van der Waals surface area contributed by atoms with Gasteiger partial charge in [0.25, 0.3) is 5.91 Å². The summed E-state index contributed by atoms with van der Waals surface area (Å²) < 4.78 is 32.6. The number of fused-ring (bicyclic) bond motifs is 1. The molecule has 5 rings (SSSR count). The quantitative estimate of drug-likeness (QED) is 0.637. The van der Waals surface area contributed by atoms with Crippen LogP contribution >= 0.6 is 0 Å². The van der Waals surface area contributed by atoms with Crippen LogP contribution in [0.5, 0.6) is 5.75 Å². The van der Waals surface area contributed by atoms with E-state index < -0.39 is 17.9 Å². The second kappa shape index (κ2) is 8.66. The molecule has 2 aliphatic heterocycles. The molecular weight excluding hydrogens is 432 g/mol. The zero-order valence-electron chi connectivity index (χ0n) is 18.4. The average Bonchev–Trinajstić information content (AvgIpc) is 3.07. The Bertz CT molecular complexity index is 961. The first-order chi connectivity index (χ1) is 15.8. The van der Waals surface area contributed by atoms with Crippen LogP contribution in [-0.4, -0.2) is 53.3 Å². The van der Waals surface area contributed by atoms with Gasteiger partial charge in [-0.25, -0.2) is 8.78 Å². The minimum Gasteiger partial charge on any atom is -0.489 e. The molecule has 3 amide bonds. The molecule has 7 nitrogen and oxygen atoms in total. The van der Waals surface area contributed by atoms with Crippen LogP contribution in [0.3, 0.4) is 0 Å². The minimum absolute atomic E-state index is 0.0202. The Morgan fingerprint density at radius 1 is 1.12 bits per heavy atom. The summed E-state index contributed by atoms with van der Waals surface area (Å²) in [4.78, 5) is 38.0. The fraction of sp³-hybridized carbons (Fsp3) is 0.625. The van der Waals surface area contributed by atoms with Crippen molar-refractivity contribution in [2.75, 3.05) is 6.54 Å². The van der Waals surface area contributed by atoms with E-state index in [0.29, 0.717) is 30.8 Å². The number of amides is 3. The highest BCUT2D eigenvalue weighted by molar-refractivity contribution is 6.05. The van der Waals surface area contributed by atoms with Gasteiger partial charge in [0.1, 0.15) is 17.9 Å². The molecule has 1 aromatic carbocycles. The third-order valence-corrected chi connectivity index (χ3v) is 7.33. The number of piperidine rings is 1. The molecule has 178 valence electrons. The average molecular weight is 462 g/mol. The van der Waals surface area contributed by atoms with Crippen LogP contribution in [-0.2, 0) is 16.1 Å². The van der Waals surface area contributed by atoms with Gasteiger partial charge in [-0.15, -0.1) is 0 Å². The van der Waals surface area contributed by atoms with E-state index >= 15 is 0 Å². The maximum Gasteiger partial charge on any atom is 0.255 e. The number of imide groups is 1. The van der Waals surface area contributed by atoms with Crippen LogP contribution in [0.1, 0.15) is 67.3 Å². The Labute approximate surface area is 191 Å². The van der Waals surface area contributed by atoms with E-state index in [1.807, 2.05) is 6.07 Å². The largest absolute Gasteiger partial charge is 0.489 e. The minimum atomic E-state index is -2.50. The summed E-state index contributed by atoms with van der Waals surface area (Å²) >= 11 is 0. The molecule has 0 spiro atoms. The van der Waals surface area contributed by atoms with Crippen LogP contribution in [0, 0.1) is 5.92 Å². The maximum atomic E-state index is 13.1. The monoisotopic (exact) mass is 461 g/mol. The van der Waals surface area contributed by atoms with Gasteiger partial charge in [0.15, 0.2) is 0 Å². The van der Waals surface area contributed by atoms with Gasteiger partial charge >= 0.3 is 0 Å². The maximum absolute atomic E-state index is 13.1. The fourth-order valence-electron chi connectivity index (χ4n) is 5.52. The third-order valence-electron chi connectivity index (χ3n) is 7.33.